The molecular weight excluding hydrogens is 222 g/mol. The molecule has 0 N–H and O–H groups in total. The third-order valence-electron chi connectivity index (χ3n) is 1.40. The number of carbonyl (C=O) groups is 1. The van der Waals surface area contributed by atoms with Gasteiger partial charge in [0.25, 0.3) is 0 Å². The summed E-state index contributed by atoms with van der Waals surface area (Å²) in [5, 5.41) is 10.3. The van der Waals surface area contributed by atoms with Gasteiger partial charge in [0.05, 0.1) is 5.97 Å². The molecule has 0 saturated carbocycles. The van der Waals surface area contributed by atoms with Gasteiger partial charge in [0, 0.05) is 12.1 Å². The fourth-order valence-corrected chi connectivity index (χ4v) is 1.15. The molecule has 64 valence electrons. The maximum atomic E-state index is 10.3. The van der Waals surface area contributed by atoms with Gasteiger partial charge < -0.3 is 9.90 Å². The van der Waals surface area contributed by atoms with Gasteiger partial charge in [-0.1, -0.05) is 22.0 Å². The van der Waals surface area contributed by atoms with Crippen molar-refractivity contribution in [1.29, 1.82) is 0 Å². The van der Waals surface area contributed by atoms with E-state index >= 15 is 0 Å². The Morgan fingerprint density at radius 3 is 2.50 bits per heavy atom. The Hall–Kier alpha value is -0.900. The SMILES string of the molecule is O=C([O-])[C@@H](Br)C[n+]1ccccc1. The number of alkyl halides is 1. The van der Waals surface area contributed by atoms with Crippen LogP contribution in [0.3, 0.4) is 0 Å². The van der Waals surface area contributed by atoms with Crippen LogP contribution >= 0.6 is 15.9 Å². The molecule has 0 aromatic carbocycles. The van der Waals surface area contributed by atoms with E-state index in [0.29, 0.717) is 6.54 Å². The number of halogens is 1. The Morgan fingerprint density at radius 2 is 2.00 bits per heavy atom. The Kier molecular flexibility index (Phi) is 3.22. The van der Waals surface area contributed by atoms with E-state index in [9.17, 15) is 9.90 Å². The number of rotatable bonds is 3. The monoisotopic (exact) mass is 229 g/mol. The zero-order valence-corrected chi connectivity index (χ0v) is 7.90. The van der Waals surface area contributed by atoms with E-state index < -0.39 is 10.8 Å². The van der Waals surface area contributed by atoms with Gasteiger partial charge in [-0.3, -0.25) is 0 Å². The van der Waals surface area contributed by atoms with Gasteiger partial charge in [0.15, 0.2) is 18.9 Å². The largest absolute Gasteiger partial charge is 0.549 e. The lowest BCUT2D eigenvalue weighted by Crippen LogP contribution is -2.44. The lowest BCUT2D eigenvalue weighted by Gasteiger charge is -2.05. The Morgan fingerprint density at radius 1 is 1.42 bits per heavy atom. The van der Waals surface area contributed by atoms with Crippen molar-refractivity contribution < 1.29 is 14.5 Å². The summed E-state index contributed by atoms with van der Waals surface area (Å²) in [4.78, 5) is 9.70. The van der Waals surface area contributed by atoms with Crippen molar-refractivity contribution in [3.05, 3.63) is 30.6 Å². The van der Waals surface area contributed by atoms with Gasteiger partial charge in [-0.15, -0.1) is 0 Å². The highest BCUT2D eigenvalue weighted by molar-refractivity contribution is 9.10. The number of pyridine rings is 1. The predicted octanol–water partition coefficient (Wildman–Crippen LogP) is -0.513. The molecule has 0 aliphatic rings. The molecule has 1 atom stereocenters. The quantitative estimate of drug-likeness (QED) is 0.518. The summed E-state index contributed by atoms with van der Waals surface area (Å²) in [5.74, 6) is -1.09. The normalized spacial score (nSPS) is 12.4. The molecule has 0 unspecified atom stereocenters. The van der Waals surface area contributed by atoms with Crippen molar-refractivity contribution in [2.45, 2.75) is 11.4 Å². The number of carboxylic acids is 1. The van der Waals surface area contributed by atoms with Gasteiger partial charge >= 0.3 is 0 Å². The molecule has 12 heavy (non-hydrogen) atoms. The van der Waals surface area contributed by atoms with Crippen molar-refractivity contribution in [1.82, 2.24) is 0 Å². The zero-order chi connectivity index (χ0) is 8.97. The third kappa shape index (κ3) is 2.62. The van der Waals surface area contributed by atoms with E-state index in [-0.39, 0.29) is 0 Å². The van der Waals surface area contributed by atoms with E-state index in [1.165, 1.54) is 0 Å². The van der Waals surface area contributed by atoms with Crippen LogP contribution in [0, 0.1) is 0 Å². The molecule has 4 heteroatoms. The van der Waals surface area contributed by atoms with E-state index in [1.807, 2.05) is 18.2 Å². The van der Waals surface area contributed by atoms with Crippen molar-refractivity contribution in [2.75, 3.05) is 0 Å². The summed E-state index contributed by atoms with van der Waals surface area (Å²) < 4.78 is 1.77. The molecular formula is C8H8BrNO2. The Bertz CT molecular complexity index is 263. The predicted molar refractivity (Wildman–Crippen MR) is 44.4 cm³/mol. The number of hydrogen-bond donors (Lipinski definition) is 0. The standard InChI is InChI=1S/C8H8BrNO2/c9-7(8(11)12)6-10-4-2-1-3-5-10/h1-5,7H,6H2/t7-/m0/s1. The minimum absolute atomic E-state index is 0.378. The van der Waals surface area contributed by atoms with Crippen molar-refractivity contribution in [3.8, 4) is 0 Å². The Labute approximate surface area is 78.8 Å². The highest BCUT2D eigenvalue weighted by Gasteiger charge is 2.10. The maximum Gasteiger partial charge on any atom is 0.168 e. The van der Waals surface area contributed by atoms with E-state index in [2.05, 4.69) is 15.9 Å². The molecule has 0 aliphatic heterocycles. The molecule has 0 amide bonds. The van der Waals surface area contributed by atoms with Crippen LogP contribution in [0.15, 0.2) is 30.6 Å². The summed E-state index contributed by atoms with van der Waals surface area (Å²) >= 11 is 3.00. The average Bonchev–Trinajstić information content (AvgIpc) is 2.06. The first-order valence-electron chi connectivity index (χ1n) is 3.49. The molecule has 0 aliphatic carbocycles. The fourth-order valence-electron chi connectivity index (χ4n) is 0.816. The zero-order valence-electron chi connectivity index (χ0n) is 6.31. The first kappa shape index (κ1) is 9.19. The maximum absolute atomic E-state index is 10.3. The van der Waals surface area contributed by atoms with Gasteiger partial charge in [0.2, 0.25) is 0 Å². The lowest BCUT2D eigenvalue weighted by molar-refractivity contribution is -0.695. The van der Waals surface area contributed by atoms with Gasteiger partial charge in [-0.05, 0) is 0 Å². The molecule has 1 rings (SSSR count). The molecule has 0 spiro atoms. The van der Waals surface area contributed by atoms with Gasteiger partial charge in [0.1, 0.15) is 4.83 Å². The molecule has 0 bridgehead atoms. The topological polar surface area (TPSA) is 44.0 Å². The summed E-state index contributed by atoms with van der Waals surface area (Å²) in [6, 6.07) is 5.56. The summed E-state index contributed by atoms with van der Waals surface area (Å²) in [7, 11) is 0. The minimum atomic E-state index is -1.09. The summed E-state index contributed by atoms with van der Waals surface area (Å²) in [6.07, 6.45) is 3.61. The van der Waals surface area contributed by atoms with Crippen LogP contribution in [0.4, 0.5) is 0 Å². The van der Waals surface area contributed by atoms with Gasteiger partial charge in [-0.25, -0.2) is 4.57 Å². The Balaban J connectivity index is 2.58. The molecule has 1 aromatic rings. The van der Waals surface area contributed by atoms with Crippen molar-refractivity contribution in [3.63, 3.8) is 0 Å². The van der Waals surface area contributed by atoms with Crippen LogP contribution in [0.1, 0.15) is 0 Å². The number of carbonyl (C=O) groups excluding carboxylic acids is 1. The van der Waals surface area contributed by atoms with Gasteiger partial charge in [-0.2, -0.15) is 0 Å². The second kappa shape index (κ2) is 4.21. The lowest BCUT2D eigenvalue weighted by atomic mass is 10.4. The van der Waals surface area contributed by atoms with Crippen LogP contribution in [0.5, 0.6) is 0 Å². The first-order chi connectivity index (χ1) is 5.70. The number of aliphatic carboxylic acids is 1. The molecule has 1 heterocycles. The molecule has 0 radical (unpaired) electrons. The molecule has 1 aromatic heterocycles. The summed E-state index contributed by atoms with van der Waals surface area (Å²) in [6.45, 7) is 0.378. The minimum Gasteiger partial charge on any atom is -0.549 e. The van der Waals surface area contributed by atoms with Crippen molar-refractivity contribution in [2.24, 2.45) is 0 Å². The number of carboxylic acid groups (broad SMARTS) is 1. The van der Waals surface area contributed by atoms with Crippen LogP contribution in [0.25, 0.3) is 0 Å². The van der Waals surface area contributed by atoms with Crippen LogP contribution in [-0.4, -0.2) is 10.8 Å². The molecule has 3 nitrogen and oxygen atoms in total. The number of nitrogens with zero attached hydrogens (tertiary/aromatic N) is 1. The van der Waals surface area contributed by atoms with E-state index in [4.69, 9.17) is 0 Å². The van der Waals surface area contributed by atoms with Crippen molar-refractivity contribution >= 4 is 21.9 Å². The number of hydrogen-bond acceptors (Lipinski definition) is 2. The third-order valence-corrected chi connectivity index (χ3v) is 2.07. The fraction of sp³-hybridized carbons (Fsp3) is 0.250. The summed E-state index contributed by atoms with van der Waals surface area (Å²) in [5.41, 5.74) is 0. The number of aromatic nitrogens is 1. The smallest absolute Gasteiger partial charge is 0.168 e. The first-order valence-corrected chi connectivity index (χ1v) is 4.41. The molecule has 0 fully saturated rings. The van der Waals surface area contributed by atoms with Crippen LogP contribution in [-0.2, 0) is 11.3 Å². The van der Waals surface area contributed by atoms with Crippen LogP contribution < -0.4 is 9.67 Å². The van der Waals surface area contributed by atoms with Crippen LogP contribution in [0.2, 0.25) is 0 Å². The molecule has 0 saturated heterocycles. The second-order valence-corrected chi connectivity index (χ2v) is 3.46. The average molecular weight is 230 g/mol. The highest BCUT2D eigenvalue weighted by Crippen LogP contribution is 1.96. The van der Waals surface area contributed by atoms with E-state index in [1.54, 1.807) is 17.0 Å². The second-order valence-electron chi connectivity index (χ2n) is 2.36. The highest BCUT2D eigenvalue weighted by atomic mass is 79.9. The van der Waals surface area contributed by atoms with E-state index in [0.717, 1.165) is 0 Å².